The fourth-order valence-electron chi connectivity index (χ4n) is 2.78. The van der Waals surface area contributed by atoms with E-state index in [9.17, 15) is 18.0 Å². The number of amides is 1. The van der Waals surface area contributed by atoms with Crippen LogP contribution in [0.15, 0.2) is 4.47 Å². The van der Waals surface area contributed by atoms with Gasteiger partial charge in [-0.1, -0.05) is 0 Å². The van der Waals surface area contributed by atoms with Crippen molar-refractivity contribution in [3.8, 4) is 0 Å². The van der Waals surface area contributed by atoms with E-state index in [1.54, 1.807) is 11.8 Å². The molecule has 0 radical (unpaired) electrons. The lowest BCUT2D eigenvalue weighted by atomic mass is 10.2. The topological polar surface area (TPSA) is 47.4 Å². The standard InChI is InChI=1S/C14H19BrF3N3O2/c1-7-5-20(6-8(2)23-7)13(22)10(4)21-9(3)11(15)12(19-21)14(16,17)18/h7-8,10H,5-6H2,1-4H3/t7-,8-,10-/m1/s1. The molecule has 1 aromatic heterocycles. The third-order valence-electron chi connectivity index (χ3n) is 3.80. The normalized spacial score (nSPS) is 23.9. The van der Waals surface area contributed by atoms with Gasteiger partial charge in [0.2, 0.25) is 5.91 Å². The van der Waals surface area contributed by atoms with Crippen LogP contribution in [0, 0.1) is 6.92 Å². The van der Waals surface area contributed by atoms with Crippen molar-refractivity contribution in [2.24, 2.45) is 0 Å². The number of hydrogen-bond donors (Lipinski definition) is 0. The van der Waals surface area contributed by atoms with E-state index >= 15 is 0 Å². The Kier molecular flexibility index (Phi) is 5.10. The molecule has 0 N–H and O–H groups in total. The van der Waals surface area contributed by atoms with E-state index in [0.717, 1.165) is 4.68 Å². The van der Waals surface area contributed by atoms with E-state index in [0.29, 0.717) is 13.1 Å². The molecule has 0 aromatic carbocycles. The molecule has 23 heavy (non-hydrogen) atoms. The fraction of sp³-hybridized carbons (Fsp3) is 0.714. The Bertz CT molecular complexity index is 593. The van der Waals surface area contributed by atoms with Gasteiger partial charge >= 0.3 is 6.18 Å². The Morgan fingerprint density at radius 3 is 2.30 bits per heavy atom. The Morgan fingerprint density at radius 1 is 1.35 bits per heavy atom. The summed E-state index contributed by atoms with van der Waals surface area (Å²) in [7, 11) is 0. The van der Waals surface area contributed by atoms with E-state index in [4.69, 9.17) is 4.74 Å². The van der Waals surface area contributed by atoms with Crippen LogP contribution < -0.4 is 0 Å². The summed E-state index contributed by atoms with van der Waals surface area (Å²) in [6.07, 6.45) is -4.78. The number of halogens is 4. The molecule has 0 unspecified atom stereocenters. The van der Waals surface area contributed by atoms with Gasteiger partial charge in [-0.15, -0.1) is 0 Å². The first-order valence-corrected chi connectivity index (χ1v) is 8.07. The maximum atomic E-state index is 12.9. The molecule has 0 saturated carbocycles. The molecule has 1 saturated heterocycles. The van der Waals surface area contributed by atoms with Gasteiger partial charge in [0, 0.05) is 13.1 Å². The van der Waals surface area contributed by atoms with Crippen LogP contribution in [-0.2, 0) is 15.7 Å². The summed E-state index contributed by atoms with van der Waals surface area (Å²) in [5, 5.41) is 3.60. The summed E-state index contributed by atoms with van der Waals surface area (Å²) >= 11 is 2.92. The van der Waals surface area contributed by atoms with Crippen molar-refractivity contribution in [2.45, 2.75) is 52.1 Å². The number of aromatic nitrogens is 2. The lowest BCUT2D eigenvalue weighted by Crippen LogP contribution is -2.50. The van der Waals surface area contributed by atoms with E-state index in [-0.39, 0.29) is 28.3 Å². The van der Waals surface area contributed by atoms with Gasteiger partial charge in [0.15, 0.2) is 5.69 Å². The first-order chi connectivity index (χ1) is 10.5. The maximum Gasteiger partial charge on any atom is 0.436 e. The second-order valence-electron chi connectivity index (χ2n) is 5.87. The molecule has 2 heterocycles. The minimum Gasteiger partial charge on any atom is -0.372 e. The first kappa shape index (κ1) is 18.3. The highest BCUT2D eigenvalue weighted by atomic mass is 79.9. The van der Waals surface area contributed by atoms with Crippen molar-refractivity contribution in [3.63, 3.8) is 0 Å². The number of rotatable bonds is 2. The molecule has 0 aliphatic carbocycles. The molecule has 1 aromatic rings. The summed E-state index contributed by atoms with van der Waals surface area (Å²) in [5.74, 6) is -0.265. The number of hydrogen-bond acceptors (Lipinski definition) is 3. The van der Waals surface area contributed by atoms with Crippen molar-refractivity contribution in [2.75, 3.05) is 13.1 Å². The van der Waals surface area contributed by atoms with Crippen LogP contribution >= 0.6 is 15.9 Å². The van der Waals surface area contributed by atoms with Gasteiger partial charge in [-0.3, -0.25) is 9.48 Å². The second kappa shape index (κ2) is 6.43. The summed E-state index contributed by atoms with van der Waals surface area (Å²) in [6, 6.07) is -0.820. The largest absolute Gasteiger partial charge is 0.436 e. The van der Waals surface area contributed by atoms with Crippen LogP contribution in [0.4, 0.5) is 13.2 Å². The number of alkyl halides is 3. The van der Waals surface area contributed by atoms with Crippen molar-refractivity contribution >= 4 is 21.8 Å². The monoisotopic (exact) mass is 397 g/mol. The predicted molar refractivity (Wildman–Crippen MR) is 81.0 cm³/mol. The van der Waals surface area contributed by atoms with Crippen LogP contribution in [0.1, 0.15) is 38.2 Å². The molecule has 0 bridgehead atoms. The zero-order chi connectivity index (χ0) is 17.5. The van der Waals surface area contributed by atoms with Gasteiger partial charge in [-0.05, 0) is 43.6 Å². The highest BCUT2D eigenvalue weighted by Gasteiger charge is 2.39. The molecule has 1 aliphatic rings. The Balaban J connectivity index is 2.26. The Labute approximate surface area is 140 Å². The maximum absolute atomic E-state index is 12.9. The Hall–Kier alpha value is -1.09. The van der Waals surface area contributed by atoms with Crippen molar-refractivity contribution < 1.29 is 22.7 Å². The molecule has 9 heteroatoms. The lowest BCUT2D eigenvalue weighted by molar-refractivity contribution is -0.147. The van der Waals surface area contributed by atoms with Gasteiger partial charge in [-0.25, -0.2) is 0 Å². The third-order valence-corrected chi connectivity index (χ3v) is 4.75. The number of carbonyl (C=O) groups is 1. The summed E-state index contributed by atoms with van der Waals surface area (Å²) in [6.45, 7) is 7.61. The van der Waals surface area contributed by atoms with Crippen molar-refractivity contribution in [1.82, 2.24) is 14.7 Å². The van der Waals surface area contributed by atoms with Gasteiger partial charge in [0.1, 0.15) is 6.04 Å². The van der Waals surface area contributed by atoms with Crippen LogP contribution in [0.5, 0.6) is 0 Å². The van der Waals surface area contributed by atoms with Crippen LogP contribution in [0.3, 0.4) is 0 Å². The Morgan fingerprint density at radius 2 is 1.87 bits per heavy atom. The quantitative estimate of drug-likeness (QED) is 0.769. The highest BCUT2D eigenvalue weighted by Crippen LogP contribution is 2.36. The van der Waals surface area contributed by atoms with Crippen molar-refractivity contribution in [1.29, 1.82) is 0 Å². The minimum absolute atomic E-state index is 0.105. The molecular formula is C14H19BrF3N3O2. The average Bonchev–Trinajstić information content (AvgIpc) is 2.72. The van der Waals surface area contributed by atoms with Gasteiger partial charge in [0.25, 0.3) is 0 Å². The highest BCUT2D eigenvalue weighted by molar-refractivity contribution is 9.10. The number of nitrogens with zero attached hydrogens (tertiary/aromatic N) is 3. The van der Waals surface area contributed by atoms with E-state index in [2.05, 4.69) is 21.0 Å². The van der Waals surface area contributed by atoms with Crippen LogP contribution in [0.2, 0.25) is 0 Å². The number of carbonyl (C=O) groups excluding carboxylic acids is 1. The lowest BCUT2D eigenvalue weighted by Gasteiger charge is -2.36. The number of morpholine rings is 1. The summed E-state index contributed by atoms with van der Waals surface area (Å²) in [4.78, 5) is 14.2. The molecule has 5 nitrogen and oxygen atoms in total. The van der Waals surface area contributed by atoms with Crippen LogP contribution in [0.25, 0.3) is 0 Å². The fourth-order valence-corrected chi connectivity index (χ4v) is 3.27. The van der Waals surface area contributed by atoms with E-state index in [1.807, 2.05) is 13.8 Å². The molecule has 0 spiro atoms. The summed E-state index contributed by atoms with van der Waals surface area (Å²) in [5.41, 5.74) is -0.745. The molecule has 1 aliphatic heterocycles. The predicted octanol–water partition coefficient (Wildman–Crippen LogP) is 3.17. The molecule has 1 amide bonds. The smallest absolute Gasteiger partial charge is 0.372 e. The third kappa shape index (κ3) is 3.71. The van der Waals surface area contributed by atoms with E-state index in [1.165, 1.54) is 6.92 Å². The van der Waals surface area contributed by atoms with Gasteiger partial charge in [-0.2, -0.15) is 18.3 Å². The van der Waals surface area contributed by atoms with Gasteiger partial charge < -0.3 is 9.64 Å². The second-order valence-corrected chi connectivity index (χ2v) is 6.66. The zero-order valence-corrected chi connectivity index (χ0v) is 14.9. The molecule has 3 atom stereocenters. The molecule has 1 fully saturated rings. The number of ether oxygens (including phenoxy) is 1. The minimum atomic E-state index is -4.57. The van der Waals surface area contributed by atoms with Crippen molar-refractivity contribution in [3.05, 3.63) is 15.9 Å². The van der Waals surface area contributed by atoms with E-state index < -0.39 is 17.9 Å². The molecule has 130 valence electrons. The van der Waals surface area contributed by atoms with Gasteiger partial charge in [0.05, 0.1) is 22.4 Å². The first-order valence-electron chi connectivity index (χ1n) is 7.28. The average molecular weight is 398 g/mol. The SMILES string of the molecule is Cc1c(Br)c(C(F)(F)F)nn1[C@H](C)C(=O)N1C[C@@H](C)O[C@H](C)C1. The van der Waals surface area contributed by atoms with Crippen LogP contribution in [-0.4, -0.2) is 45.9 Å². The zero-order valence-electron chi connectivity index (χ0n) is 13.3. The molecule has 2 rings (SSSR count). The summed E-state index contributed by atoms with van der Waals surface area (Å²) < 4.78 is 45.4. The molecular weight excluding hydrogens is 379 g/mol.